The largest absolute Gasteiger partial charge is 0.462 e. The van der Waals surface area contributed by atoms with Crippen molar-refractivity contribution in [3.05, 3.63) is 29.3 Å². The molecule has 0 bridgehead atoms. The van der Waals surface area contributed by atoms with Gasteiger partial charge in [-0.05, 0) is 18.6 Å². The second-order valence-electron chi connectivity index (χ2n) is 2.57. The molecular weight excluding hydrogens is 173 g/mol. The Morgan fingerprint density at radius 3 is 2.85 bits per heavy atom. The Morgan fingerprint density at radius 1 is 1.62 bits per heavy atom. The van der Waals surface area contributed by atoms with Crippen LogP contribution in [0.3, 0.4) is 0 Å². The number of amides is 1. The first-order valence-electron chi connectivity index (χ1n) is 3.75. The van der Waals surface area contributed by atoms with Crippen LogP contribution in [0.15, 0.2) is 18.2 Å². The monoisotopic (exact) mass is 183 g/mol. The van der Waals surface area contributed by atoms with Crippen LogP contribution in [-0.2, 0) is 0 Å². The van der Waals surface area contributed by atoms with Crippen LogP contribution in [0.1, 0.15) is 15.9 Å². The quantitative estimate of drug-likeness (QED) is 0.770. The molecule has 70 valence electrons. The molecule has 0 aliphatic heterocycles. The van der Waals surface area contributed by atoms with Crippen molar-refractivity contribution >= 4 is 5.91 Å². The van der Waals surface area contributed by atoms with Gasteiger partial charge in [0.25, 0.3) is 5.91 Å². The van der Waals surface area contributed by atoms with Gasteiger partial charge in [-0.3, -0.25) is 4.79 Å². The zero-order chi connectivity index (χ0) is 9.84. The van der Waals surface area contributed by atoms with Gasteiger partial charge in [-0.2, -0.15) is 0 Å². The van der Waals surface area contributed by atoms with Gasteiger partial charge in [-0.15, -0.1) is 0 Å². The fourth-order valence-electron chi connectivity index (χ4n) is 1.09. The number of primary amides is 1. The van der Waals surface area contributed by atoms with Crippen LogP contribution in [0.5, 0.6) is 5.75 Å². The number of halogens is 1. The van der Waals surface area contributed by atoms with E-state index >= 15 is 0 Å². The average Bonchev–Trinajstić information content (AvgIpc) is 2.08. The van der Waals surface area contributed by atoms with Crippen molar-refractivity contribution in [3.8, 4) is 5.75 Å². The first-order chi connectivity index (χ1) is 6.16. The molecule has 0 saturated carbocycles. The number of aryl methyl sites for hydroxylation is 1. The van der Waals surface area contributed by atoms with Gasteiger partial charge in [0.1, 0.15) is 5.75 Å². The minimum absolute atomic E-state index is 0.206. The van der Waals surface area contributed by atoms with Crippen molar-refractivity contribution in [2.75, 3.05) is 6.86 Å². The molecule has 0 saturated heterocycles. The summed E-state index contributed by atoms with van der Waals surface area (Å²) in [6.07, 6.45) is 0. The number of carbonyl (C=O) groups is 1. The molecular formula is C9H10FNO2. The Hall–Kier alpha value is -1.58. The summed E-state index contributed by atoms with van der Waals surface area (Å²) in [5.41, 5.74) is 5.97. The van der Waals surface area contributed by atoms with Crippen LogP contribution in [-0.4, -0.2) is 12.8 Å². The van der Waals surface area contributed by atoms with E-state index in [1.165, 1.54) is 6.07 Å². The van der Waals surface area contributed by atoms with Gasteiger partial charge in [0.15, 0.2) is 0 Å². The van der Waals surface area contributed by atoms with E-state index in [1.54, 1.807) is 19.1 Å². The van der Waals surface area contributed by atoms with Gasteiger partial charge < -0.3 is 10.5 Å². The molecule has 4 heteroatoms. The smallest absolute Gasteiger partial charge is 0.252 e. The van der Waals surface area contributed by atoms with E-state index in [9.17, 15) is 9.18 Å². The van der Waals surface area contributed by atoms with E-state index in [-0.39, 0.29) is 11.3 Å². The molecule has 1 aromatic rings. The molecule has 1 amide bonds. The highest BCUT2D eigenvalue weighted by molar-refractivity contribution is 5.96. The zero-order valence-electron chi connectivity index (χ0n) is 7.21. The van der Waals surface area contributed by atoms with E-state index in [1.807, 2.05) is 0 Å². The molecule has 0 fully saturated rings. The maximum atomic E-state index is 11.9. The van der Waals surface area contributed by atoms with Crippen LogP contribution < -0.4 is 10.5 Å². The number of nitrogens with two attached hydrogens (primary N) is 1. The van der Waals surface area contributed by atoms with E-state index in [0.29, 0.717) is 5.56 Å². The van der Waals surface area contributed by atoms with Crippen molar-refractivity contribution in [2.24, 2.45) is 5.73 Å². The number of hydrogen-bond donors (Lipinski definition) is 1. The summed E-state index contributed by atoms with van der Waals surface area (Å²) in [7, 11) is 0. The topological polar surface area (TPSA) is 52.3 Å². The molecule has 0 aliphatic carbocycles. The third-order valence-corrected chi connectivity index (χ3v) is 1.68. The molecule has 0 heterocycles. The first-order valence-corrected chi connectivity index (χ1v) is 3.75. The second-order valence-corrected chi connectivity index (χ2v) is 2.57. The molecule has 0 aliphatic rings. The molecule has 0 spiro atoms. The van der Waals surface area contributed by atoms with Gasteiger partial charge >= 0.3 is 0 Å². The minimum Gasteiger partial charge on any atom is -0.462 e. The van der Waals surface area contributed by atoms with Crippen LogP contribution in [0, 0.1) is 6.92 Å². The highest BCUT2D eigenvalue weighted by atomic mass is 19.1. The number of ether oxygens (including phenoxy) is 1. The summed E-state index contributed by atoms with van der Waals surface area (Å²) in [5.74, 6) is -0.398. The van der Waals surface area contributed by atoms with Gasteiger partial charge in [-0.1, -0.05) is 12.1 Å². The lowest BCUT2D eigenvalue weighted by atomic mass is 10.1. The summed E-state index contributed by atoms with van der Waals surface area (Å²) >= 11 is 0. The summed E-state index contributed by atoms with van der Waals surface area (Å²) in [4.78, 5) is 10.9. The number of para-hydroxylation sites is 1. The van der Waals surface area contributed by atoms with Crippen molar-refractivity contribution in [1.82, 2.24) is 0 Å². The fourth-order valence-corrected chi connectivity index (χ4v) is 1.09. The maximum Gasteiger partial charge on any atom is 0.252 e. The SMILES string of the molecule is Cc1cccc(C(N)=O)c1OCF. The highest BCUT2D eigenvalue weighted by Crippen LogP contribution is 2.22. The number of carbonyl (C=O) groups excluding carboxylic acids is 1. The van der Waals surface area contributed by atoms with Gasteiger partial charge in [0, 0.05) is 0 Å². The van der Waals surface area contributed by atoms with E-state index < -0.39 is 12.8 Å². The molecule has 0 unspecified atom stereocenters. The van der Waals surface area contributed by atoms with E-state index in [4.69, 9.17) is 5.73 Å². The molecule has 1 aromatic carbocycles. The Balaban J connectivity index is 3.17. The second kappa shape index (κ2) is 3.89. The third-order valence-electron chi connectivity index (χ3n) is 1.68. The van der Waals surface area contributed by atoms with Crippen LogP contribution in [0.2, 0.25) is 0 Å². The van der Waals surface area contributed by atoms with E-state index in [2.05, 4.69) is 4.74 Å². The predicted molar refractivity (Wildman–Crippen MR) is 46.3 cm³/mol. The van der Waals surface area contributed by atoms with Crippen molar-refractivity contribution < 1.29 is 13.9 Å². The lowest BCUT2D eigenvalue weighted by molar-refractivity contribution is 0.0992. The van der Waals surface area contributed by atoms with Crippen LogP contribution in [0.25, 0.3) is 0 Å². The number of rotatable bonds is 3. The normalized spacial score (nSPS) is 9.69. The molecule has 0 atom stereocenters. The summed E-state index contributed by atoms with van der Waals surface area (Å²) in [5, 5.41) is 0. The Morgan fingerprint density at radius 2 is 2.31 bits per heavy atom. The molecule has 2 N–H and O–H groups in total. The van der Waals surface area contributed by atoms with Crippen LogP contribution in [0.4, 0.5) is 4.39 Å². The van der Waals surface area contributed by atoms with Gasteiger partial charge in [0.05, 0.1) is 5.56 Å². The highest BCUT2D eigenvalue weighted by Gasteiger charge is 2.10. The van der Waals surface area contributed by atoms with Crippen molar-refractivity contribution in [1.29, 1.82) is 0 Å². The average molecular weight is 183 g/mol. The molecule has 3 nitrogen and oxygen atoms in total. The lowest BCUT2D eigenvalue weighted by Crippen LogP contribution is -2.13. The summed E-state index contributed by atoms with van der Waals surface area (Å²) in [6, 6.07) is 4.89. The lowest BCUT2D eigenvalue weighted by Gasteiger charge is -2.08. The maximum absolute atomic E-state index is 11.9. The van der Waals surface area contributed by atoms with Crippen molar-refractivity contribution in [3.63, 3.8) is 0 Å². The number of hydrogen-bond acceptors (Lipinski definition) is 2. The van der Waals surface area contributed by atoms with Crippen LogP contribution >= 0.6 is 0 Å². The third kappa shape index (κ3) is 1.96. The Labute approximate surface area is 75.3 Å². The molecule has 0 aromatic heterocycles. The number of benzene rings is 1. The minimum atomic E-state index is -0.967. The van der Waals surface area contributed by atoms with Gasteiger partial charge in [-0.25, -0.2) is 4.39 Å². The predicted octanol–water partition coefficient (Wildman–Crippen LogP) is 1.40. The summed E-state index contributed by atoms with van der Waals surface area (Å²) in [6.45, 7) is 0.753. The fraction of sp³-hybridized carbons (Fsp3) is 0.222. The number of alkyl halides is 1. The standard InChI is InChI=1S/C9H10FNO2/c1-6-3-2-4-7(9(11)12)8(6)13-5-10/h2-4H,5H2,1H3,(H2,11,12). The van der Waals surface area contributed by atoms with Gasteiger partial charge in [0.2, 0.25) is 6.86 Å². The molecule has 13 heavy (non-hydrogen) atoms. The molecule has 0 radical (unpaired) electrons. The zero-order valence-corrected chi connectivity index (χ0v) is 7.21. The van der Waals surface area contributed by atoms with E-state index in [0.717, 1.165) is 0 Å². The molecule has 1 rings (SSSR count). The first kappa shape index (κ1) is 9.51. The summed E-state index contributed by atoms with van der Waals surface area (Å²) < 4.78 is 16.6. The Kier molecular flexibility index (Phi) is 2.84. The Bertz CT molecular complexity index is 325. The van der Waals surface area contributed by atoms with Crippen molar-refractivity contribution in [2.45, 2.75) is 6.92 Å².